The molecule has 0 heterocycles. The lowest BCUT2D eigenvalue weighted by atomic mass is 10.3. The second-order valence-corrected chi connectivity index (χ2v) is 5.13. The van der Waals surface area contributed by atoms with E-state index in [1.807, 2.05) is 6.92 Å². The van der Waals surface area contributed by atoms with E-state index in [0.29, 0.717) is 25.3 Å². The molecule has 0 saturated heterocycles. The molecule has 0 spiro atoms. The lowest BCUT2D eigenvalue weighted by Crippen LogP contribution is -2.42. The summed E-state index contributed by atoms with van der Waals surface area (Å²) in [6, 6.07) is 5.52. The zero-order chi connectivity index (χ0) is 15.8. The van der Waals surface area contributed by atoms with E-state index in [1.54, 1.807) is 26.1 Å². The van der Waals surface area contributed by atoms with E-state index in [9.17, 15) is 14.3 Å². The number of rotatable bonds is 7. The summed E-state index contributed by atoms with van der Waals surface area (Å²) in [6.45, 7) is 4.33. The van der Waals surface area contributed by atoms with Crippen LogP contribution in [-0.2, 0) is 0 Å². The first kappa shape index (κ1) is 17.2. The van der Waals surface area contributed by atoms with Crippen molar-refractivity contribution < 1.29 is 19.0 Å². The summed E-state index contributed by atoms with van der Waals surface area (Å²) in [5.41, 5.74) is 0. The first-order valence-electron chi connectivity index (χ1n) is 6.97. The molecule has 21 heavy (non-hydrogen) atoms. The molecule has 1 aromatic rings. The fourth-order valence-corrected chi connectivity index (χ4v) is 1.64. The van der Waals surface area contributed by atoms with Crippen LogP contribution < -0.4 is 10.1 Å². The van der Waals surface area contributed by atoms with Gasteiger partial charge in [0.25, 0.3) is 0 Å². The maximum absolute atomic E-state index is 12.8. The minimum Gasteiger partial charge on any atom is -0.489 e. The highest BCUT2D eigenvalue weighted by molar-refractivity contribution is 5.73. The zero-order valence-corrected chi connectivity index (χ0v) is 12.7. The van der Waals surface area contributed by atoms with E-state index in [0.717, 1.165) is 0 Å². The fourth-order valence-electron chi connectivity index (χ4n) is 1.64. The average molecular weight is 298 g/mol. The maximum atomic E-state index is 12.8. The van der Waals surface area contributed by atoms with Crippen molar-refractivity contribution in [3.63, 3.8) is 0 Å². The van der Waals surface area contributed by atoms with Gasteiger partial charge in [-0.05, 0) is 44.5 Å². The standard InChI is InChI=1S/C15H23FN2O3/c1-11(19)8-9-18(3)15(20)17-10-12(2)21-14-6-4-13(16)5-7-14/h4-7,11-12,19H,8-10H2,1-3H3,(H,17,20). The van der Waals surface area contributed by atoms with Gasteiger partial charge in [-0.1, -0.05) is 0 Å². The van der Waals surface area contributed by atoms with E-state index < -0.39 is 6.10 Å². The number of amides is 2. The summed E-state index contributed by atoms with van der Waals surface area (Å²) in [5, 5.41) is 11.9. The number of nitrogens with zero attached hydrogens (tertiary/aromatic N) is 1. The number of hydrogen-bond acceptors (Lipinski definition) is 3. The Labute approximate surface area is 124 Å². The number of carbonyl (C=O) groups is 1. The molecule has 2 N–H and O–H groups in total. The molecule has 1 rings (SSSR count). The van der Waals surface area contributed by atoms with Gasteiger partial charge in [0.15, 0.2) is 0 Å². The van der Waals surface area contributed by atoms with Crippen molar-refractivity contribution >= 4 is 6.03 Å². The highest BCUT2D eigenvalue weighted by Crippen LogP contribution is 2.12. The normalized spacial score (nSPS) is 13.4. The average Bonchev–Trinajstić information content (AvgIpc) is 2.44. The minimum absolute atomic E-state index is 0.217. The van der Waals surface area contributed by atoms with Crippen molar-refractivity contribution in [2.24, 2.45) is 0 Å². The number of benzene rings is 1. The summed E-state index contributed by atoms with van der Waals surface area (Å²) in [6.07, 6.45) is -0.128. The lowest BCUT2D eigenvalue weighted by Gasteiger charge is -2.21. The number of aliphatic hydroxyl groups is 1. The van der Waals surface area contributed by atoms with Gasteiger partial charge in [-0.25, -0.2) is 9.18 Å². The van der Waals surface area contributed by atoms with Crippen molar-refractivity contribution in [1.82, 2.24) is 10.2 Å². The van der Waals surface area contributed by atoms with Crippen LogP contribution in [0.3, 0.4) is 0 Å². The Balaban J connectivity index is 2.30. The van der Waals surface area contributed by atoms with Crippen molar-refractivity contribution in [2.45, 2.75) is 32.5 Å². The molecule has 0 fully saturated rings. The second-order valence-electron chi connectivity index (χ2n) is 5.13. The van der Waals surface area contributed by atoms with Crippen LogP contribution in [0.5, 0.6) is 5.75 Å². The molecular weight excluding hydrogens is 275 g/mol. The van der Waals surface area contributed by atoms with Crippen molar-refractivity contribution in [2.75, 3.05) is 20.1 Å². The topological polar surface area (TPSA) is 61.8 Å². The van der Waals surface area contributed by atoms with Crippen LogP contribution in [0, 0.1) is 5.82 Å². The molecule has 118 valence electrons. The summed E-state index contributed by atoms with van der Waals surface area (Å²) >= 11 is 0. The molecule has 0 saturated carbocycles. The number of nitrogens with one attached hydrogen (secondary N) is 1. The van der Waals surface area contributed by atoms with Gasteiger partial charge in [-0.15, -0.1) is 0 Å². The Morgan fingerprint density at radius 2 is 2.00 bits per heavy atom. The van der Waals surface area contributed by atoms with Crippen LogP contribution in [0.1, 0.15) is 20.3 Å². The van der Waals surface area contributed by atoms with Gasteiger partial charge in [0.2, 0.25) is 0 Å². The van der Waals surface area contributed by atoms with Gasteiger partial charge in [-0.3, -0.25) is 0 Å². The summed E-state index contributed by atoms with van der Waals surface area (Å²) in [5.74, 6) is 0.239. The van der Waals surface area contributed by atoms with E-state index in [-0.39, 0.29) is 18.0 Å². The smallest absolute Gasteiger partial charge is 0.317 e. The van der Waals surface area contributed by atoms with E-state index >= 15 is 0 Å². The first-order valence-corrected chi connectivity index (χ1v) is 6.97. The molecule has 0 radical (unpaired) electrons. The molecule has 2 atom stereocenters. The van der Waals surface area contributed by atoms with Crippen molar-refractivity contribution in [3.8, 4) is 5.75 Å². The van der Waals surface area contributed by atoms with Crippen LogP contribution in [0.2, 0.25) is 0 Å². The summed E-state index contributed by atoms with van der Waals surface area (Å²) in [4.78, 5) is 13.3. The Bertz CT molecular complexity index is 437. The van der Waals surface area contributed by atoms with E-state index in [1.165, 1.54) is 17.0 Å². The Kier molecular flexibility index (Phi) is 6.94. The van der Waals surface area contributed by atoms with Gasteiger partial charge in [0.1, 0.15) is 17.7 Å². The van der Waals surface area contributed by atoms with Crippen LogP contribution in [0.15, 0.2) is 24.3 Å². The monoisotopic (exact) mass is 298 g/mol. The van der Waals surface area contributed by atoms with Crippen molar-refractivity contribution in [1.29, 1.82) is 0 Å². The Hall–Kier alpha value is -1.82. The molecule has 1 aromatic carbocycles. The summed E-state index contributed by atoms with van der Waals surface area (Å²) in [7, 11) is 1.67. The number of ether oxygens (including phenoxy) is 1. The van der Waals surface area contributed by atoms with Gasteiger partial charge < -0.3 is 20.1 Å². The molecule has 0 bridgehead atoms. The largest absolute Gasteiger partial charge is 0.489 e. The molecule has 0 aliphatic carbocycles. The minimum atomic E-state index is -0.430. The third kappa shape index (κ3) is 6.94. The van der Waals surface area contributed by atoms with Crippen LogP contribution in [-0.4, -0.2) is 48.4 Å². The maximum Gasteiger partial charge on any atom is 0.317 e. The molecule has 2 unspecified atom stereocenters. The van der Waals surface area contributed by atoms with Crippen LogP contribution in [0.25, 0.3) is 0 Å². The number of halogens is 1. The van der Waals surface area contributed by atoms with Crippen LogP contribution in [0.4, 0.5) is 9.18 Å². The second kappa shape index (κ2) is 8.46. The Morgan fingerprint density at radius 3 is 2.57 bits per heavy atom. The van der Waals surface area contributed by atoms with Crippen LogP contribution >= 0.6 is 0 Å². The molecule has 0 aromatic heterocycles. The number of carbonyl (C=O) groups excluding carboxylic acids is 1. The molecule has 5 nitrogen and oxygen atoms in total. The first-order chi connectivity index (χ1) is 9.88. The third-order valence-corrected chi connectivity index (χ3v) is 2.92. The fraction of sp³-hybridized carbons (Fsp3) is 0.533. The van der Waals surface area contributed by atoms with Gasteiger partial charge >= 0.3 is 6.03 Å². The molecule has 0 aliphatic heterocycles. The third-order valence-electron chi connectivity index (χ3n) is 2.92. The SMILES string of the molecule is CC(O)CCN(C)C(=O)NCC(C)Oc1ccc(F)cc1. The van der Waals surface area contributed by atoms with Crippen molar-refractivity contribution in [3.05, 3.63) is 30.1 Å². The molecular formula is C15H23FN2O3. The molecule has 0 aliphatic rings. The predicted molar refractivity (Wildman–Crippen MR) is 78.8 cm³/mol. The lowest BCUT2D eigenvalue weighted by molar-refractivity contribution is 0.160. The van der Waals surface area contributed by atoms with Gasteiger partial charge in [0.05, 0.1) is 12.6 Å². The quantitative estimate of drug-likeness (QED) is 0.809. The number of urea groups is 1. The Morgan fingerprint density at radius 1 is 1.38 bits per heavy atom. The van der Waals surface area contributed by atoms with E-state index in [4.69, 9.17) is 4.74 Å². The highest BCUT2D eigenvalue weighted by atomic mass is 19.1. The van der Waals surface area contributed by atoms with Gasteiger partial charge in [0, 0.05) is 13.6 Å². The number of hydrogen-bond donors (Lipinski definition) is 2. The van der Waals surface area contributed by atoms with Gasteiger partial charge in [-0.2, -0.15) is 0 Å². The predicted octanol–water partition coefficient (Wildman–Crippen LogP) is 2.01. The highest BCUT2D eigenvalue weighted by Gasteiger charge is 2.11. The number of aliphatic hydroxyl groups excluding tert-OH is 1. The summed E-state index contributed by atoms with van der Waals surface area (Å²) < 4.78 is 18.3. The molecule has 2 amide bonds. The molecule has 6 heteroatoms. The van der Waals surface area contributed by atoms with E-state index in [2.05, 4.69) is 5.32 Å². The zero-order valence-electron chi connectivity index (χ0n) is 12.7.